The molecule has 1 aliphatic rings. The highest BCUT2D eigenvalue weighted by Crippen LogP contribution is 2.22. The minimum absolute atomic E-state index is 0.00700. The zero-order valence-corrected chi connectivity index (χ0v) is 15.2. The highest BCUT2D eigenvalue weighted by molar-refractivity contribution is 7.92. The molecule has 1 aromatic carbocycles. The fourth-order valence-electron chi connectivity index (χ4n) is 2.94. The summed E-state index contributed by atoms with van der Waals surface area (Å²) in [5, 5.41) is 15.6. The third kappa shape index (κ3) is 3.92. The number of hydrogen-bond donors (Lipinski definition) is 2. The van der Waals surface area contributed by atoms with Crippen molar-refractivity contribution in [3.63, 3.8) is 0 Å². The number of halogens is 1. The van der Waals surface area contributed by atoms with Crippen LogP contribution in [0.4, 0.5) is 10.1 Å². The molecule has 0 saturated heterocycles. The Balaban J connectivity index is 1.82. The van der Waals surface area contributed by atoms with Crippen molar-refractivity contribution in [1.82, 2.24) is 15.1 Å². The van der Waals surface area contributed by atoms with Crippen LogP contribution in [-0.2, 0) is 27.8 Å². The van der Waals surface area contributed by atoms with E-state index < -0.39 is 34.3 Å². The van der Waals surface area contributed by atoms with Crippen molar-refractivity contribution in [2.75, 3.05) is 23.7 Å². The van der Waals surface area contributed by atoms with Gasteiger partial charge in [-0.15, -0.1) is 0 Å². The molecule has 0 atom stereocenters. The summed E-state index contributed by atoms with van der Waals surface area (Å²) in [5.74, 6) is -2.35. The quantitative estimate of drug-likeness (QED) is 0.763. The van der Waals surface area contributed by atoms with E-state index in [1.165, 1.54) is 23.1 Å². The second-order valence-electron chi connectivity index (χ2n) is 6.15. The van der Waals surface area contributed by atoms with Crippen LogP contribution in [0.1, 0.15) is 21.7 Å². The molecule has 1 amide bonds. The number of rotatable bonds is 5. The Kier molecular flexibility index (Phi) is 4.87. The minimum atomic E-state index is -3.83. The number of nitrogens with one attached hydrogen (secondary N) is 1. The van der Waals surface area contributed by atoms with Gasteiger partial charge < -0.3 is 10.0 Å². The summed E-state index contributed by atoms with van der Waals surface area (Å²) in [6.07, 6.45) is 1.30. The highest BCUT2D eigenvalue weighted by Gasteiger charge is 2.30. The molecule has 11 heteroatoms. The molecule has 2 N–H and O–H groups in total. The van der Waals surface area contributed by atoms with Gasteiger partial charge in [0, 0.05) is 30.8 Å². The molecule has 2 heterocycles. The minimum Gasteiger partial charge on any atom is -0.476 e. The number of carbonyl (C=O) groups excluding carboxylic acids is 1. The molecule has 0 bridgehead atoms. The summed E-state index contributed by atoms with van der Waals surface area (Å²) in [6.45, 7) is -0.223. The van der Waals surface area contributed by atoms with Crippen molar-refractivity contribution in [2.45, 2.75) is 13.0 Å². The largest absolute Gasteiger partial charge is 0.476 e. The molecule has 0 saturated carbocycles. The number of carboxylic acid groups (broad SMARTS) is 1. The van der Waals surface area contributed by atoms with Crippen LogP contribution < -0.4 is 4.31 Å². The van der Waals surface area contributed by atoms with Gasteiger partial charge in [-0.3, -0.25) is 14.2 Å². The molecule has 2 aromatic rings. The normalized spacial score (nSPS) is 13.9. The van der Waals surface area contributed by atoms with Crippen LogP contribution in [0.3, 0.4) is 0 Å². The maximum atomic E-state index is 13.5. The van der Waals surface area contributed by atoms with Gasteiger partial charge in [0.15, 0.2) is 5.69 Å². The molecule has 0 unspecified atom stereocenters. The van der Waals surface area contributed by atoms with E-state index in [4.69, 9.17) is 0 Å². The topological polar surface area (TPSA) is 124 Å². The molecule has 1 aromatic heterocycles. The number of benzene rings is 1. The SMILES string of the molecule is CS(=O)(=O)N(CC(=O)N1CCc2[nH]nc(C(=O)O)c2C1)c1cccc(F)c1. The predicted octanol–water partition coefficient (Wildman–Crippen LogP) is 0.598. The lowest BCUT2D eigenvalue weighted by atomic mass is 10.1. The van der Waals surface area contributed by atoms with Crippen LogP contribution in [0.15, 0.2) is 24.3 Å². The summed E-state index contributed by atoms with van der Waals surface area (Å²) >= 11 is 0. The number of carboxylic acids is 1. The number of aromatic nitrogens is 2. The summed E-state index contributed by atoms with van der Waals surface area (Å²) in [6, 6.07) is 4.95. The molecule has 3 rings (SSSR count). The van der Waals surface area contributed by atoms with Gasteiger partial charge in [0.1, 0.15) is 12.4 Å². The van der Waals surface area contributed by atoms with E-state index in [1.807, 2.05) is 0 Å². The molecular formula is C16H17FN4O5S. The lowest BCUT2D eigenvalue weighted by Gasteiger charge is -2.30. The van der Waals surface area contributed by atoms with E-state index in [0.29, 0.717) is 17.7 Å². The second-order valence-corrected chi connectivity index (χ2v) is 8.06. The highest BCUT2D eigenvalue weighted by atomic mass is 32.2. The molecule has 0 spiro atoms. The van der Waals surface area contributed by atoms with Crippen LogP contribution in [-0.4, -0.2) is 59.8 Å². The van der Waals surface area contributed by atoms with Crippen LogP contribution in [0.5, 0.6) is 0 Å². The average Bonchev–Trinajstić information content (AvgIpc) is 3.01. The molecule has 0 radical (unpaired) electrons. The molecule has 0 fully saturated rings. The number of amides is 1. The van der Waals surface area contributed by atoms with Gasteiger partial charge in [0.05, 0.1) is 11.9 Å². The Morgan fingerprint density at radius 3 is 2.78 bits per heavy atom. The number of carbonyl (C=O) groups is 2. The van der Waals surface area contributed by atoms with Gasteiger partial charge in [0.2, 0.25) is 15.9 Å². The first kappa shape index (κ1) is 18.8. The average molecular weight is 396 g/mol. The molecule has 1 aliphatic heterocycles. The second kappa shape index (κ2) is 6.99. The fourth-order valence-corrected chi connectivity index (χ4v) is 3.78. The van der Waals surface area contributed by atoms with Gasteiger partial charge in [-0.2, -0.15) is 5.10 Å². The van der Waals surface area contributed by atoms with Crippen molar-refractivity contribution < 1.29 is 27.5 Å². The van der Waals surface area contributed by atoms with Crippen molar-refractivity contribution in [1.29, 1.82) is 0 Å². The van der Waals surface area contributed by atoms with Crippen molar-refractivity contribution in [3.8, 4) is 0 Å². The summed E-state index contributed by atoms with van der Waals surface area (Å²) in [7, 11) is -3.83. The van der Waals surface area contributed by atoms with Crippen molar-refractivity contribution in [3.05, 3.63) is 47.0 Å². The number of aromatic amines is 1. The number of fused-ring (bicyclic) bond motifs is 1. The van der Waals surface area contributed by atoms with Gasteiger partial charge in [-0.1, -0.05) is 6.07 Å². The predicted molar refractivity (Wildman–Crippen MR) is 93.3 cm³/mol. The van der Waals surface area contributed by atoms with Crippen molar-refractivity contribution in [2.24, 2.45) is 0 Å². The van der Waals surface area contributed by atoms with Gasteiger partial charge in [-0.05, 0) is 18.2 Å². The molecular weight excluding hydrogens is 379 g/mol. The van der Waals surface area contributed by atoms with Crippen LogP contribution in [0.25, 0.3) is 0 Å². The molecule has 27 heavy (non-hydrogen) atoms. The number of H-pyrrole nitrogens is 1. The van der Waals surface area contributed by atoms with E-state index >= 15 is 0 Å². The molecule has 144 valence electrons. The van der Waals surface area contributed by atoms with Gasteiger partial charge in [-0.25, -0.2) is 17.6 Å². The summed E-state index contributed by atoms with van der Waals surface area (Å²) in [5.41, 5.74) is 0.922. The van der Waals surface area contributed by atoms with E-state index in [-0.39, 0.29) is 24.5 Å². The Morgan fingerprint density at radius 1 is 1.41 bits per heavy atom. The number of sulfonamides is 1. The van der Waals surface area contributed by atoms with Gasteiger partial charge in [0.25, 0.3) is 0 Å². The number of hydrogen-bond acceptors (Lipinski definition) is 5. The standard InChI is InChI=1S/C16H17FN4O5S/c1-27(25,26)21(11-4-2-3-10(17)7-11)9-14(22)20-6-5-13-12(8-20)15(16(23)24)19-18-13/h2-4,7H,5-6,8-9H2,1H3,(H,18,19)(H,23,24). The Bertz CT molecular complexity index is 1000. The monoisotopic (exact) mass is 396 g/mol. The molecule has 0 aliphatic carbocycles. The maximum absolute atomic E-state index is 13.5. The van der Waals surface area contributed by atoms with E-state index in [2.05, 4.69) is 10.2 Å². The van der Waals surface area contributed by atoms with Gasteiger partial charge >= 0.3 is 5.97 Å². The van der Waals surface area contributed by atoms with Crippen LogP contribution in [0, 0.1) is 5.82 Å². The van der Waals surface area contributed by atoms with E-state index in [9.17, 15) is 27.5 Å². The number of anilines is 1. The van der Waals surface area contributed by atoms with Crippen LogP contribution in [0.2, 0.25) is 0 Å². The van der Waals surface area contributed by atoms with E-state index in [1.54, 1.807) is 0 Å². The summed E-state index contributed by atoms with van der Waals surface area (Å²) in [4.78, 5) is 25.3. The zero-order valence-electron chi connectivity index (χ0n) is 14.3. The van der Waals surface area contributed by atoms with Crippen molar-refractivity contribution >= 4 is 27.6 Å². The first-order chi connectivity index (χ1) is 12.7. The Hall–Kier alpha value is -2.95. The summed E-state index contributed by atoms with van der Waals surface area (Å²) < 4.78 is 38.5. The van der Waals surface area contributed by atoms with E-state index in [0.717, 1.165) is 16.6 Å². The smallest absolute Gasteiger partial charge is 0.356 e. The first-order valence-electron chi connectivity index (χ1n) is 7.97. The molecule has 9 nitrogen and oxygen atoms in total. The zero-order chi connectivity index (χ0) is 19.8. The van der Waals surface area contributed by atoms with Crippen LogP contribution >= 0.6 is 0 Å². The number of aromatic carboxylic acids is 1. The third-order valence-electron chi connectivity index (χ3n) is 4.26. The Morgan fingerprint density at radius 2 is 2.15 bits per heavy atom. The fraction of sp³-hybridized carbons (Fsp3) is 0.312. The Labute approximate surface area is 154 Å². The first-order valence-corrected chi connectivity index (χ1v) is 9.82. The lowest BCUT2D eigenvalue weighted by Crippen LogP contribution is -2.44. The third-order valence-corrected chi connectivity index (χ3v) is 5.40. The lowest BCUT2D eigenvalue weighted by molar-refractivity contribution is -0.130. The maximum Gasteiger partial charge on any atom is 0.356 e. The number of nitrogens with zero attached hydrogens (tertiary/aromatic N) is 3.